The van der Waals surface area contributed by atoms with Gasteiger partial charge < -0.3 is 5.11 Å². The van der Waals surface area contributed by atoms with Crippen LogP contribution in [0.15, 0.2) is 24.8 Å². The monoisotopic (exact) mass is 470 g/mol. The van der Waals surface area contributed by atoms with Gasteiger partial charge in [0.25, 0.3) is 0 Å². The predicted octanol–water partition coefficient (Wildman–Crippen LogP) is 11.0. The second kappa shape index (κ2) is 22.2. The van der Waals surface area contributed by atoms with Crippen molar-refractivity contribution in [3.05, 3.63) is 41.5 Å². The number of hydrogen-bond donors (Lipinski definition) is 1. The lowest BCUT2D eigenvalue weighted by Crippen LogP contribution is -1.98. The summed E-state index contributed by atoms with van der Waals surface area (Å²) < 4.78 is 0. The summed E-state index contributed by atoms with van der Waals surface area (Å²) in [6, 6.07) is 4.34. The summed E-state index contributed by atoms with van der Waals surface area (Å²) in [7, 11) is 0. The van der Waals surface area contributed by atoms with Crippen LogP contribution in [0.3, 0.4) is 0 Å². The standard InChI is InChI=1S/C33H58O/c1-4-7-9-11-13-15-17-19-21-23-26-31-29-33(34)32(28-30(31)25-6-3)27-24-22-20-18-16-14-12-10-8-5-2/h6,28-29,34H,3-5,7-27H2,1-2H3. The highest BCUT2D eigenvalue weighted by atomic mass is 16.3. The minimum Gasteiger partial charge on any atom is -0.508 e. The molecule has 0 aliphatic rings. The van der Waals surface area contributed by atoms with Crippen LogP contribution >= 0.6 is 0 Å². The molecule has 0 saturated heterocycles. The van der Waals surface area contributed by atoms with Crippen molar-refractivity contribution < 1.29 is 5.11 Å². The summed E-state index contributed by atoms with van der Waals surface area (Å²) in [5.41, 5.74) is 3.86. The fraction of sp³-hybridized carbons (Fsp3) is 0.758. The quantitative estimate of drug-likeness (QED) is 0.118. The summed E-state index contributed by atoms with van der Waals surface area (Å²) in [6.45, 7) is 8.54. The molecule has 0 spiro atoms. The fourth-order valence-corrected chi connectivity index (χ4v) is 5.11. The highest BCUT2D eigenvalue weighted by Crippen LogP contribution is 2.27. The number of allylic oxidation sites excluding steroid dienone is 1. The normalized spacial score (nSPS) is 11.2. The van der Waals surface area contributed by atoms with Crippen LogP contribution in [-0.2, 0) is 19.3 Å². The molecule has 0 saturated carbocycles. The Kier molecular flexibility index (Phi) is 20.1. The molecule has 0 radical (unpaired) electrons. The molecule has 1 aromatic rings. The van der Waals surface area contributed by atoms with Gasteiger partial charge in [0.1, 0.15) is 5.75 Å². The molecular formula is C33H58O. The molecule has 0 amide bonds. The van der Waals surface area contributed by atoms with E-state index >= 15 is 0 Å². The maximum Gasteiger partial charge on any atom is 0.119 e. The van der Waals surface area contributed by atoms with Crippen molar-refractivity contribution in [3.63, 3.8) is 0 Å². The number of unbranched alkanes of at least 4 members (excludes halogenated alkanes) is 18. The van der Waals surface area contributed by atoms with E-state index in [9.17, 15) is 5.11 Å². The van der Waals surface area contributed by atoms with E-state index in [-0.39, 0.29) is 0 Å². The molecular weight excluding hydrogens is 412 g/mol. The Hall–Kier alpha value is -1.24. The van der Waals surface area contributed by atoms with Gasteiger partial charge in [-0.2, -0.15) is 0 Å². The molecule has 1 N–H and O–H groups in total. The maximum absolute atomic E-state index is 10.7. The fourth-order valence-electron chi connectivity index (χ4n) is 5.11. The molecule has 0 bridgehead atoms. The zero-order valence-corrected chi connectivity index (χ0v) is 23.1. The molecule has 1 aromatic carbocycles. The molecule has 0 fully saturated rings. The van der Waals surface area contributed by atoms with Gasteiger partial charge in [-0.1, -0.05) is 142 Å². The van der Waals surface area contributed by atoms with Crippen molar-refractivity contribution in [2.45, 2.75) is 162 Å². The highest BCUT2D eigenvalue weighted by Gasteiger charge is 2.09. The van der Waals surface area contributed by atoms with Gasteiger partial charge in [0.15, 0.2) is 0 Å². The third kappa shape index (κ3) is 15.6. The maximum atomic E-state index is 10.7. The zero-order valence-electron chi connectivity index (χ0n) is 23.1. The van der Waals surface area contributed by atoms with Gasteiger partial charge in [-0.25, -0.2) is 0 Å². The predicted molar refractivity (Wildman–Crippen MR) is 153 cm³/mol. The molecule has 1 nitrogen and oxygen atoms in total. The van der Waals surface area contributed by atoms with Crippen molar-refractivity contribution in [1.82, 2.24) is 0 Å². The smallest absolute Gasteiger partial charge is 0.119 e. The van der Waals surface area contributed by atoms with Crippen LogP contribution in [0.4, 0.5) is 0 Å². The van der Waals surface area contributed by atoms with Crippen LogP contribution in [0.25, 0.3) is 0 Å². The summed E-state index contributed by atoms with van der Waals surface area (Å²) in [4.78, 5) is 0. The summed E-state index contributed by atoms with van der Waals surface area (Å²) in [6.07, 6.45) is 32.2. The topological polar surface area (TPSA) is 20.2 Å². The van der Waals surface area contributed by atoms with Crippen LogP contribution in [0.5, 0.6) is 5.75 Å². The summed E-state index contributed by atoms with van der Waals surface area (Å²) in [5, 5.41) is 10.7. The van der Waals surface area contributed by atoms with Gasteiger partial charge in [-0.15, -0.1) is 6.58 Å². The first-order valence-electron chi connectivity index (χ1n) is 15.2. The number of phenols is 1. The number of aryl methyl sites for hydroxylation is 2. The second-order valence-electron chi connectivity index (χ2n) is 10.6. The lowest BCUT2D eigenvalue weighted by molar-refractivity contribution is 0.464. The Labute approximate surface area is 213 Å². The molecule has 0 aliphatic heterocycles. The van der Waals surface area contributed by atoms with Gasteiger partial charge in [-0.3, -0.25) is 0 Å². The van der Waals surface area contributed by atoms with Gasteiger partial charge in [0.05, 0.1) is 0 Å². The third-order valence-electron chi connectivity index (χ3n) is 7.36. The van der Waals surface area contributed by atoms with Crippen molar-refractivity contribution in [2.24, 2.45) is 0 Å². The molecule has 1 heteroatoms. The van der Waals surface area contributed by atoms with Crippen molar-refractivity contribution in [1.29, 1.82) is 0 Å². The SMILES string of the molecule is C=CCc1cc(CCCCCCCCCCCC)c(O)cc1CCCCCCCCCCCC. The molecule has 0 heterocycles. The van der Waals surface area contributed by atoms with Gasteiger partial charge >= 0.3 is 0 Å². The Bertz CT molecular complexity index is 603. The van der Waals surface area contributed by atoms with Crippen LogP contribution < -0.4 is 0 Å². The van der Waals surface area contributed by atoms with Gasteiger partial charge in [0.2, 0.25) is 0 Å². The number of phenolic OH excluding ortho intramolecular Hbond substituents is 1. The van der Waals surface area contributed by atoms with Gasteiger partial charge in [-0.05, 0) is 54.9 Å². The van der Waals surface area contributed by atoms with Crippen molar-refractivity contribution in [3.8, 4) is 5.75 Å². The molecule has 196 valence electrons. The van der Waals surface area contributed by atoms with Crippen molar-refractivity contribution >= 4 is 0 Å². The van der Waals surface area contributed by atoms with Crippen molar-refractivity contribution in [2.75, 3.05) is 0 Å². The second-order valence-corrected chi connectivity index (χ2v) is 10.6. The highest BCUT2D eigenvalue weighted by molar-refractivity contribution is 5.43. The molecule has 1 rings (SSSR count). The van der Waals surface area contributed by atoms with E-state index < -0.39 is 0 Å². The minimum atomic E-state index is 0.519. The van der Waals surface area contributed by atoms with Crippen LogP contribution in [0.2, 0.25) is 0 Å². The number of aromatic hydroxyl groups is 1. The molecule has 0 aliphatic carbocycles. The Balaban J connectivity index is 2.27. The van der Waals surface area contributed by atoms with Gasteiger partial charge in [0, 0.05) is 0 Å². The van der Waals surface area contributed by atoms with Crippen LogP contribution in [0.1, 0.15) is 159 Å². The first kappa shape index (κ1) is 30.8. The van der Waals surface area contributed by atoms with E-state index in [1.165, 1.54) is 140 Å². The minimum absolute atomic E-state index is 0.519. The van der Waals surface area contributed by atoms with E-state index in [0.29, 0.717) is 5.75 Å². The average molecular weight is 471 g/mol. The lowest BCUT2D eigenvalue weighted by Gasteiger charge is -2.13. The van der Waals surface area contributed by atoms with E-state index in [1.54, 1.807) is 0 Å². The molecule has 0 unspecified atom stereocenters. The Morgan fingerprint density at radius 2 is 0.912 bits per heavy atom. The number of benzene rings is 1. The van der Waals surface area contributed by atoms with E-state index in [0.717, 1.165) is 24.8 Å². The van der Waals surface area contributed by atoms with E-state index in [1.807, 2.05) is 6.08 Å². The first-order chi connectivity index (χ1) is 16.7. The number of rotatable bonds is 24. The largest absolute Gasteiger partial charge is 0.508 e. The third-order valence-corrected chi connectivity index (χ3v) is 7.36. The van der Waals surface area contributed by atoms with Crippen LogP contribution in [0, 0.1) is 0 Å². The van der Waals surface area contributed by atoms with E-state index in [4.69, 9.17) is 0 Å². The average Bonchev–Trinajstić information content (AvgIpc) is 2.83. The molecule has 34 heavy (non-hydrogen) atoms. The Morgan fingerprint density at radius 1 is 0.529 bits per heavy atom. The molecule has 0 aromatic heterocycles. The zero-order chi connectivity index (χ0) is 24.7. The lowest BCUT2D eigenvalue weighted by atomic mass is 9.93. The molecule has 0 atom stereocenters. The summed E-state index contributed by atoms with van der Waals surface area (Å²) >= 11 is 0. The summed E-state index contributed by atoms with van der Waals surface area (Å²) in [5.74, 6) is 0.519. The van der Waals surface area contributed by atoms with Crippen LogP contribution in [-0.4, -0.2) is 5.11 Å². The first-order valence-corrected chi connectivity index (χ1v) is 15.2. The number of hydrogen-bond acceptors (Lipinski definition) is 1. The van der Waals surface area contributed by atoms with E-state index in [2.05, 4.69) is 32.6 Å². The Morgan fingerprint density at radius 3 is 1.32 bits per heavy atom.